The third-order valence-corrected chi connectivity index (χ3v) is 2.99. The van der Waals surface area contributed by atoms with Gasteiger partial charge in [0.05, 0.1) is 5.75 Å². The number of carbonyl (C=O) groups excluding carboxylic acids is 1. The van der Waals surface area contributed by atoms with E-state index in [0.29, 0.717) is 11.8 Å². The molecule has 1 unspecified atom stereocenters. The zero-order chi connectivity index (χ0) is 9.68. The largest absolute Gasteiger partial charge is 0.340 e. The first-order chi connectivity index (χ1) is 6.27. The maximum Gasteiger partial charge on any atom is 0.232 e. The van der Waals surface area contributed by atoms with Crippen molar-refractivity contribution in [1.29, 1.82) is 0 Å². The van der Waals surface area contributed by atoms with Crippen LogP contribution in [0.1, 0.15) is 12.8 Å². The van der Waals surface area contributed by atoms with Gasteiger partial charge in [-0.2, -0.15) is 11.8 Å². The van der Waals surface area contributed by atoms with Gasteiger partial charge in [-0.3, -0.25) is 4.79 Å². The van der Waals surface area contributed by atoms with Crippen LogP contribution in [0.15, 0.2) is 0 Å². The van der Waals surface area contributed by atoms with E-state index < -0.39 is 0 Å². The molecule has 0 aliphatic carbocycles. The highest BCUT2D eigenvalue weighted by atomic mass is 35.5. The van der Waals surface area contributed by atoms with Gasteiger partial charge in [0.2, 0.25) is 5.91 Å². The molecule has 1 saturated heterocycles. The molecule has 0 aromatic rings. The number of likely N-dealkylation sites (N-methyl/N-ethyl adjacent to an activating group) is 1. The maximum atomic E-state index is 11.5. The molecule has 1 N–H and O–H groups in total. The minimum absolute atomic E-state index is 0. The number of carbonyl (C=O) groups is 1. The van der Waals surface area contributed by atoms with E-state index in [9.17, 15) is 4.79 Å². The first-order valence-corrected chi connectivity index (χ1v) is 6.11. The summed E-state index contributed by atoms with van der Waals surface area (Å²) in [6.07, 6.45) is 4.29. The van der Waals surface area contributed by atoms with Crippen molar-refractivity contribution in [2.45, 2.75) is 18.9 Å². The highest BCUT2D eigenvalue weighted by molar-refractivity contribution is 7.99. The van der Waals surface area contributed by atoms with Crippen molar-refractivity contribution < 1.29 is 4.79 Å². The van der Waals surface area contributed by atoms with Gasteiger partial charge in [0.25, 0.3) is 0 Å². The van der Waals surface area contributed by atoms with Gasteiger partial charge in [0.1, 0.15) is 0 Å². The number of piperidine rings is 1. The maximum absolute atomic E-state index is 11.5. The van der Waals surface area contributed by atoms with E-state index in [2.05, 4.69) is 5.32 Å². The van der Waals surface area contributed by atoms with Crippen LogP contribution in [0.5, 0.6) is 0 Å². The molecule has 84 valence electrons. The predicted molar refractivity (Wildman–Crippen MR) is 64.3 cm³/mol. The molecule has 1 fully saturated rings. The lowest BCUT2D eigenvalue weighted by Gasteiger charge is -2.32. The summed E-state index contributed by atoms with van der Waals surface area (Å²) in [7, 11) is 1.97. The van der Waals surface area contributed by atoms with E-state index in [1.807, 2.05) is 18.2 Å². The Hall–Kier alpha value is 0.0700. The van der Waals surface area contributed by atoms with E-state index in [-0.39, 0.29) is 18.3 Å². The molecule has 1 atom stereocenters. The Morgan fingerprint density at radius 2 is 2.36 bits per heavy atom. The molecule has 1 aliphatic rings. The molecular weight excluding hydrogens is 220 g/mol. The van der Waals surface area contributed by atoms with Crippen molar-refractivity contribution in [3.8, 4) is 0 Å². The molecule has 3 nitrogen and oxygen atoms in total. The molecule has 1 aliphatic heterocycles. The number of rotatable bonds is 3. The Labute approximate surface area is 96.4 Å². The fourth-order valence-corrected chi connectivity index (χ4v) is 2.08. The molecule has 1 amide bonds. The lowest BCUT2D eigenvalue weighted by molar-refractivity contribution is -0.129. The Morgan fingerprint density at radius 3 is 2.93 bits per heavy atom. The van der Waals surface area contributed by atoms with Crippen LogP contribution in [0.4, 0.5) is 0 Å². The summed E-state index contributed by atoms with van der Waals surface area (Å²) in [6.45, 7) is 1.83. The summed E-state index contributed by atoms with van der Waals surface area (Å²) in [5.74, 6) is 0.906. The molecule has 14 heavy (non-hydrogen) atoms. The Balaban J connectivity index is 0.00000169. The molecule has 1 rings (SSSR count). The van der Waals surface area contributed by atoms with Gasteiger partial charge in [-0.25, -0.2) is 0 Å². The number of amides is 1. The van der Waals surface area contributed by atoms with Crippen LogP contribution >= 0.6 is 24.2 Å². The van der Waals surface area contributed by atoms with Gasteiger partial charge in [-0.15, -0.1) is 12.4 Å². The average molecular weight is 239 g/mol. The van der Waals surface area contributed by atoms with Crippen molar-refractivity contribution in [3.63, 3.8) is 0 Å². The van der Waals surface area contributed by atoms with Crippen molar-refractivity contribution in [2.75, 3.05) is 32.1 Å². The van der Waals surface area contributed by atoms with Gasteiger partial charge >= 0.3 is 0 Å². The Morgan fingerprint density at radius 1 is 1.64 bits per heavy atom. The molecule has 5 heteroatoms. The summed E-state index contributed by atoms with van der Waals surface area (Å²) in [5.41, 5.74) is 0. The van der Waals surface area contributed by atoms with E-state index in [4.69, 9.17) is 0 Å². The van der Waals surface area contributed by atoms with Crippen LogP contribution in [0.3, 0.4) is 0 Å². The number of thioether (sulfide) groups is 1. The third-order valence-electron chi connectivity index (χ3n) is 2.45. The second kappa shape index (κ2) is 7.37. The fourth-order valence-electron chi connectivity index (χ4n) is 1.65. The molecule has 0 bridgehead atoms. The summed E-state index contributed by atoms with van der Waals surface area (Å²) >= 11 is 1.60. The monoisotopic (exact) mass is 238 g/mol. The molecule has 0 radical (unpaired) electrons. The summed E-state index contributed by atoms with van der Waals surface area (Å²) in [6, 6.07) is 0.500. The zero-order valence-corrected chi connectivity index (χ0v) is 10.4. The van der Waals surface area contributed by atoms with Crippen LogP contribution in [0.2, 0.25) is 0 Å². The molecule has 1 heterocycles. The summed E-state index contributed by atoms with van der Waals surface area (Å²) in [5, 5.41) is 3.23. The van der Waals surface area contributed by atoms with Crippen molar-refractivity contribution in [3.05, 3.63) is 0 Å². The van der Waals surface area contributed by atoms with Gasteiger partial charge < -0.3 is 10.2 Å². The predicted octanol–water partition coefficient (Wildman–Crippen LogP) is 0.982. The number of halogens is 1. The standard InChI is InChI=1S/C9H18N2OS.ClH/c1-10-8-4-3-5-11(6-8)9(12)7-13-2;/h8,10H,3-7H2,1-2H3;1H. The Bertz CT molecular complexity index is 180. The van der Waals surface area contributed by atoms with Crippen molar-refractivity contribution in [1.82, 2.24) is 10.2 Å². The first kappa shape index (κ1) is 14.1. The Kier molecular flexibility index (Phi) is 7.41. The third kappa shape index (κ3) is 4.07. The number of likely N-dealkylation sites (tertiary alicyclic amines) is 1. The van der Waals surface area contributed by atoms with Crippen LogP contribution < -0.4 is 5.32 Å². The molecule has 0 spiro atoms. The highest BCUT2D eigenvalue weighted by Crippen LogP contribution is 2.10. The lowest BCUT2D eigenvalue weighted by Crippen LogP contribution is -2.47. The zero-order valence-electron chi connectivity index (χ0n) is 8.78. The summed E-state index contributed by atoms with van der Waals surface area (Å²) in [4.78, 5) is 13.5. The fraction of sp³-hybridized carbons (Fsp3) is 0.889. The van der Waals surface area contributed by atoms with Crippen LogP contribution in [0, 0.1) is 0 Å². The number of nitrogens with one attached hydrogen (secondary N) is 1. The van der Waals surface area contributed by atoms with Gasteiger partial charge in [0, 0.05) is 19.1 Å². The molecule has 0 aromatic heterocycles. The SMILES string of the molecule is CNC1CCCN(C(=O)CSC)C1.Cl. The number of hydrogen-bond donors (Lipinski definition) is 1. The van der Waals surface area contributed by atoms with Crippen molar-refractivity contribution >= 4 is 30.1 Å². The lowest BCUT2D eigenvalue weighted by atomic mass is 10.1. The normalized spacial score (nSPS) is 21.6. The topological polar surface area (TPSA) is 32.3 Å². The van der Waals surface area contributed by atoms with Crippen LogP contribution in [-0.2, 0) is 4.79 Å². The summed E-state index contributed by atoms with van der Waals surface area (Å²) < 4.78 is 0. The van der Waals surface area contributed by atoms with Crippen LogP contribution in [0.25, 0.3) is 0 Å². The molecule has 0 saturated carbocycles. The van der Waals surface area contributed by atoms with E-state index in [1.54, 1.807) is 11.8 Å². The second-order valence-electron chi connectivity index (χ2n) is 3.40. The minimum atomic E-state index is 0. The minimum Gasteiger partial charge on any atom is -0.340 e. The first-order valence-electron chi connectivity index (χ1n) is 4.72. The van der Waals surface area contributed by atoms with Crippen molar-refractivity contribution in [2.24, 2.45) is 0 Å². The highest BCUT2D eigenvalue weighted by Gasteiger charge is 2.21. The van der Waals surface area contributed by atoms with E-state index >= 15 is 0 Å². The van der Waals surface area contributed by atoms with E-state index in [0.717, 1.165) is 19.5 Å². The second-order valence-corrected chi connectivity index (χ2v) is 4.27. The van der Waals surface area contributed by atoms with Gasteiger partial charge in [-0.05, 0) is 26.1 Å². The average Bonchev–Trinajstić information content (AvgIpc) is 2.18. The van der Waals surface area contributed by atoms with E-state index in [1.165, 1.54) is 6.42 Å². The molecule has 0 aromatic carbocycles. The van der Waals surface area contributed by atoms with Crippen LogP contribution in [-0.4, -0.2) is 49.0 Å². The number of nitrogens with zero attached hydrogens (tertiary/aromatic N) is 1. The van der Waals surface area contributed by atoms with Gasteiger partial charge in [-0.1, -0.05) is 0 Å². The number of hydrogen-bond acceptors (Lipinski definition) is 3. The quantitative estimate of drug-likeness (QED) is 0.796. The van der Waals surface area contributed by atoms with Gasteiger partial charge in [0.15, 0.2) is 0 Å². The molecular formula is C9H19ClN2OS. The smallest absolute Gasteiger partial charge is 0.232 e.